The van der Waals surface area contributed by atoms with Gasteiger partial charge < -0.3 is 10.1 Å². The Bertz CT molecular complexity index is 417. The number of benzene rings is 1. The van der Waals surface area contributed by atoms with Gasteiger partial charge in [-0.15, -0.1) is 0 Å². The van der Waals surface area contributed by atoms with Crippen LogP contribution in [0.1, 0.15) is 38.2 Å². The number of hydrogen-bond acceptors (Lipinski definition) is 3. The van der Waals surface area contributed by atoms with Gasteiger partial charge in [0.05, 0.1) is 19.4 Å². The molecular weight excluding hydrogens is 242 g/mol. The van der Waals surface area contributed by atoms with Crippen LogP contribution in [0.15, 0.2) is 30.3 Å². The minimum Gasteiger partial charge on any atom is -0.469 e. The molecule has 1 N–H and O–H groups in total. The third kappa shape index (κ3) is 4.73. The molecule has 0 aromatic heterocycles. The number of esters is 1. The number of rotatable bonds is 6. The fraction of sp³-hybridized carbons (Fsp3) is 0.467. The van der Waals surface area contributed by atoms with Crippen LogP contribution in [0.4, 0.5) is 0 Å². The van der Waals surface area contributed by atoms with Gasteiger partial charge >= 0.3 is 5.97 Å². The first-order chi connectivity index (χ1) is 9.08. The van der Waals surface area contributed by atoms with E-state index in [1.807, 2.05) is 37.3 Å². The Balaban J connectivity index is 2.62. The SMILES string of the molecule is CCC(C(=O)NC(C)CC(=O)OC)c1ccccc1. The van der Waals surface area contributed by atoms with E-state index < -0.39 is 0 Å². The van der Waals surface area contributed by atoms with Crippen LogP contribution < -0.4 is 5.32 Å². The molecule has 1 aromatic carbocycles. The topological polar surface area (TPSA) is 55.4 Å². The molecule has 0 aliphatic carbocycles. The molecule has 0 saturated heterocycles. The summed E-state index contributed by atoms with van der Waals surface area (Å²) < 4.78 is 4.58. The molecule has 0 aliphatic rings. The lowest BCUT2D eigenvalue weighted by molar-refractivity contribution is -0.141. The molecule has 4 heteroatoms. The van der Waals surface area contributed by atoms with E-state index in [0.717, 1.165) is 12.0 Å². The minimum absolute atomic E-state index is 0.0508. The number of ether oxygens (including phenoxy) is 1. The highest BCUT2D eigenvalue weighted by Gasteiger charge is 2.20. The Morgan fingerprint density at radius 3 is 2.42 bits per heavy atom. The third-order valence-electron chi connectivity index (χ3n) is 3.02. The van der Waals surface area contributed by atoms with Gasteiger partial charge in [-0.25, -0.2) is 0 Å². The number of carbonyl (C=O) groups excluding carboxylic acids is 2. The number of nitrogens with one attached hydrogen (secondary N) is 1. The van der Waals surface area contributed by atoms with E-state index in [2.05, 4.69) is 10.1 Å². The molecule has 0 saturated carbocycles. The predicted molar refractivity (Wildman–Crippen MR) is 73.7 cm³/mol. The average Bonchev–Trinajstić information content (AvgIpc) is 2.40. The van der Waals surface area contributed by atoms with Crippen LogP contribution in [-0.2, 0) is 14.3 Å². The maximum absolute atomic E-state index is 12.2. The Hall–Kier alpha value is -1.84. The molecule has 2 atom stereocenters. The number of amides is 1. The van der Waals surface area contributed by atoms with E-state index in [1.54, 1.807) is 6.92 Å². The van der Waals surface area contributed by atoms with Gasteiger partial charge in [-0.2, -0.15) is 0 Å². The quantitative estimate of drug-likeness (QED) is 0.801. The van der Waals surface area contributed by atoms with Crippen LogP contribution in [0.5, 0.6) is 0 Å². The van der Waals surface area contributed by atoms with Crippen molar-refractivity contribution in [2.75, 3.05) is 7.11 Å². The lowest BCUT2D eigenvalue weighted by Gasteiger charge is -2.19. The lowest BCUT2D eigenvalue weighted by Crippen LogP contribution is -2.37. The lowest BCUT2D eigenvalue weighted by atomic mass is 9.95. The predicted octanol–water partition coefficient (Wildman–Crippen LogP) is 2.25. The maximum atomic E-state index is 12.2. The largest absolute Gasteiger partial charge is 0.469 e. The van der Waals surface area contributed by atoms with Crippen molar-refractivity contribution in [3.8, 4) is 0 Å². The van der Waals surface area contributed by atoms with Crippen LogP contribution in [-0.4, -0.2) is 25.0 Å². The molecule has 2 unspecified atom stereocenters. The van der Waals surface area contributed by atoms with Gasteiger partial charge in [-0.05, 0) is 18.9 Å². The highest BCUT2D eigenvalue weighted by molar-refractivity contribution is 5.84. The van der Waals surface area contributed by atoms with Crippen LogP contribution >= 0.6 is 0 Å². The minimum atomic E-state index is -0.319. The first-order valence-corrected chi connectivity index (χ1v) is 6.50. The van der Waals surface area contributed by atoms with E-state index >= 15 is 0 Å². The summed E-state index contributed by atoms with van der Waals surface area (Å²) in [6.45, 7) is 3.77. The van der Waals surface area contributed by atoms with Crippen LogP contribution in [0.25, 0.3) is 0 Å². The van der Waals surface area contributed by atoms with Gasteiger partial charge in [0.1, 0.15) is 0 Å². The highest BCUT2D eigenvalue weighted by atomic mass is 16.5. The summed E-state index contributed by atoms with van der Waals surface area (Å²) in [6, 6.07) is 9.43. The molecule has 1 amide bonds. The summed E-state index contributed by atoms with van der Waals surface area (Å²) in [5, 5.41) is 2.85. The number of carbonyl (C=O) groups is 2. The molecule has 0 aliphatic heterocycles. The molecule has 0 fully saturated rings. The summed E-state index contributed by atoms with van der Waals surface area (Å²) in [7, 11) is 1.34. The first kappa shape index (κ1) is 15.2. The number of methoxy groups -OCH3 is 1. The van der Waals surface area contributed by atoms with Crippen molar-refractivity contribution in [2.24, 2.45) is 0 Å². The fourth-order valence-corrected chi connectivity index (χ4v) is 1.99. The Kier molecular flexibility index (Phi) is 6.06. The molecule has 104 valence electrons. The molecule has 19 heavy (non-hydrogen) atoms. The standard InChI is InChI=1S/C15H21NO3/c1-4-13(12-8-6-5-7-9-12)15(18)16-11(2)10-14(17)19-3/h5-9,11,13H,4,10H2,1-3H3,(H,16,18). The molecule has 0 spiro atoms. The van der Waals surface area contributed by atoms with Gasteiger partial charge in [0.25, 0.3) is 0 Å². The molecule has 0 heterocycles. The Morgan fingerprint density at radius 1 is 1.26 bits per heavy atom. The molecule has 0 radical (unpaired) electrons. The first-order valence-electron chi connectivity index (χ1n) is 6.50. The monoisotopic (exact) mass is 263 g/mol. The van der Waals surface area contributed by atoms with Crippen molar-refractivity contribution in [2.45, 2.75) is 38.6 Å². The van der Waals surface area contributed by atoms with E-state index in [-0.39, 0.29) is 30.3 Å². The summed E-state index contributed by atoms with van der Waals surface area (Å²) in [4.78, 5) is 23.3. The van der Waals surface area contributed by atoms with Crippen LogP contribution in [0, 0.1) is 0 Å². The fourth-order valence-electron chi connectivity index (χ4n) is 1.99. The molecular formula is C15H21NO3. The zero-order chi connectivity index (χ0) is 14.3. The summed E-state index contributed by atoms with van der Waals surface area (Å²) in [5.74, 6) is -0.549. The van der Waals surface area contributed by atoms with Crippen LogP contribution in [0.3, 0.4) is 0 Å². The second-order valence-electron chi connectivity index (χ2n) is 4.56. The van der Waals surface area contributed by atoms with E-state index in [9.17, 15) is 9.59 Å². The zero-order valence-corrected chi connectivity index (χ0v) is 11.7. The third-order valence-corrected chi connectivity index (χ3v) is 3.02. The summed E-state index contributed by atoms with van der Waals surface area (Å²) >= 11 is 0. The Morgan fingerprint density at radius 2 is 1.89 bits per heavy atom. The normalized spacial score (nSPS) is 13.4. The summed E-state index contributed by atoms with van der Waals surface area (Å²) in [5.41, 5.74) is 0.993. The second-order valence-corrected chi connectivity index (χ2v) is 4.56. The summed E-state index contributed by atoms with van der Waals surface area (Å²) in [6.07, 6.45) is 0.911. The van der Waals surface area contributed by atoms with E-state index in [0.29, 0.717) is 0 Å². The van der Waals surface area contributed by atoms with Crippen molar-refractivity contribution in [3.63, 3.8) is 0 Å². The average molecular weight is 263 g/mol. The van der Waals surface area contributed by atoms with Crippen molar-refractivity contribution >= 4 is 11.9 Å². The van der Waals surface area contributed by atoms with Gasteiger partial charge in [0, 0.05) is 6.04 Å². The van der Waals surface area contributed by atoms with E-state index in [4.69, 9.17) is 0 Å². The van der Waals surface area contributed by atoms with Crippen molar-refractivity contribution in [3.05, 3.63) is 35.9 Å². The van der Waals surface area contributed by atoms with Gasteiger partial charge in [0.15, 0.2) is 0 Å². The van der Waals surface area contributed by atoms with Crippen molar-refractivity contribution in [1.82, 2.24) is 5.32 Å². The second kappa shape index (κ2) is 7.56. The zero-order valence-electron chi connectivity index (χ0n) is 11.7. The highest BCUT2D eigenvalue weighted by Crippen LogP contribution is 2.19. The van der Waals surface area contributed by atoms with Gasteiger partial charge in [-0.3, -0.25) is 9.59 Å². The van der Waals surface area contributed by atoms with E-state index in [1.165, 1.54) is 7.11 Å². The van der Waals surface area contributed by atoms with Crippen LogP contribution in [0.2, 0.25) is 0 Å². The number of hydrogen-bond donors (Lipinski definition) is 1. The molecule has 4 nitrogen and oxygen atoms in total. The van der Waals surface area contributed by atoms with Gasteiger partial charge in [0.2, 0.25) is 5.91 Å². The smallest absolute Gasteiger partial charge is 0.307 e. The Labute approximate surface area is 114 Å². The molecule has 1 rings (SSSR count). The maximum Gasteiger partial charge on any atom is 0.307 e. The van der Waals surface area contributed by atoms with Crippen molar-refractivity contribution < 1.29 is 14.3 Å². The van der Waals surface area contributed by atoms with Crippen molar-refractivity contribution in [1.29, 1.82) is 0 Å². The molecule has 0 bridgehead atoms. The van der Waals surface area contributed by atoms with Gasteiger partial charge in [-0.1, -0.05) is 37.3 Å². The molecule has 1 aromatic rings.